The zero-order chi connectivity index (χ0) is 10.7. The van der Waals surface area contributed by atoms with E-state index in [-0.39, 0.29) is 0 Å². The van der Waals surface area contributed by atoms with Crippen LogP contribution >= 0.6 is 11.3 Å². The fourth-order valence-electron chi connectivity index (χ4n) is 1.20. The number of nitrogens with zero attached hydrogens (tertiary/aromatic N) is 1. The van der Waals surface area contributed by atoms with Gasteiger partial charge in [0.2, 0.25) is 0 Å². The summed E-state index contributed by atoms with van der Waals surface area (Å²) in [6.07, 6.45) is 0. The van der Waals surface area contributed by atoms with E-state index >= 15 is 0 Å². The molecule has 2 aromatic rings. The standard InChI is InChI=1S/C11H12N2OS/c1-8-13-10(7-15-8)6-14-11-4-2-9(12)3-5-11/h2-5,7H,6,12H2,1H3. The highest BCUT2D eigenvalue weighted by Crippen LogP contribution is 2.15. The van der Waals surface area contributed by atoms with Gasteiger partial charge in [-0.25, -0.2) is 4.98 Å². The second-order valence-electron chi connectivity index (χ2n) is 3.22. The average molecular weight is 220 g/mol. The molecule has 1 aromatic carbocycles. The molecule has 0 unspecified atom stereocenters. The van der Waals surface area contributed by atoms with Crippen molar-refractivity contribution in [3.8, 4) is 5.75 Å². The van der Waals surface area contributed by atoms with Crippen molar-refractivity contribution in [3.63, 3.8) is 0 Å². The van der Waals surface area contributed by atoms with Gasteiger partial charge in [-0.15, -0.1) is 11.3 Å². The van der Waals surface area contributed by atoms with Crippen LogP contribution in [0.3, 0.4) is 0 Å². The number of nitrogen functional groups attached to an aromatic ring is 1. The molecule has 0 bridgehead atoms. The normalized spacial score (nSPS) is 10.2. The number of thiazole rings is 1. The Morgan fingerprint density at radius 3 is 2.67 bits per heavy atom. The van der Waals surface area contributed by atoms with E-state index < -0.39 is 0 Å². The molecular weight excluding hydrogens is 208 g/mol. The summed E-state index contributed by atoms with van der Waals surface area (Å²) in [4.78, 5) is 4.31. The van der Waals surface area contributed by atoms with Gasteiger partial charge in [0.25, 0.3) is 0 Å². The summed E-state index contributed by atoms with van der Waals surface area (Å²) in [6.45, 7) is 2.49. The van der Waals surface area contributed by atoms with Gasteiger partial charge in [0.1, 0.15) is 12.4 Å². The second kappa shape index (κ2) is 4.31. The van der Waals surface area contributed by atoms with Crippen molar-refractivity contribution in [2.45, 2.75) is 13.5 Å². The zero-order valence-corrected chi connectivity index (χ0v) is 9.25. The van der Waals surface area contributed by atoms with Gasteiger partial charge >= 0.3 is 0 Å². The summed E-state index contributed by atoms with van der Waals surface area (Å²) in [5, 5.41) is 3.07. The van der Waals surface area contributed by atoms with Crippen molar-refractivity contribution >= 4 is 17.0 Å². The van der Waals surface area contributed by atoms with Crippen LogP contribution in [0.2, 0.25) is 0 Å². The Morgan fingerprint density at radius 1 is 1.33 bits per heavy atom. The van der Waals surface area contributed by atoms with Gasteiger partial charge in [-0.1, -0.05) is 0 Å². The molecule has 1 aromatic heterocycles. The van der Waals surface area contributed by atoms with Gasteiger partial charge in [0.15, 0.2) is 0 Å². The number of hydrogen-bond acceptors (Lipinski definition) is 4. The van der Waals surface area contributed by atoms with Crippen LogP contribution in [0.4, 0.5) is 5.69 Å². The molecule has 4 heteroatoms. The molecule has 1 heterocycles. The zero-order valence-electron chi connectivity index (χ0n) is 8.43. The van der Waals surface area contributed by atoms with Crippen molar-refractivity contribution in [2.24, 2.45) is 0 Å². The molecular formula is C11H12N2OS. The first kappa shape index (κ1) is 9.98. The first-order chi connectivity index (χ1) is 7.24. The van der Waals surface area contributed by atoms with Gasteiger partial charge in [-0.05, 0) is 31.2 Å². The maximum Gasteiger partial charge on any atom is 0.131 e. The second-order valence-corrected chi connectivity index (χ2v) is 4.28. The third-order valence-electron chi connectivity index (χ3n) is 1.93. The monoisotopic (exact) mass is 220 g/mol. The highest BCUT2D eigenvalue weighted by Gasteiger charge is 1.99. The largest absolute Gasteiger partial charge is 0.487 e. The quantitative estimate of drug-likeness (QED) is 0.809. The molecule has 78 valence electrons. The van der Waals surface area contributed by atoms with Gasteiger partial charge < -0.3 is 10.5 Å². The summed E-state index contributed by atoms with van der Waals surface area (Å²) < 4.78 is 5.55. The SMILES string of the molecule is Cc1nc(COc2ccc(N)cc2)cs1. The predicted molar refractivity (Wildman–Crippen MR) is 62.0 cm³/mol. The van der Waals surface area contributed by atoms with E-state index in [2.05, 4.69) is 4.98 Å². The highest BCUT2D eigenvalue weighted by molar-refractivity contribution is 7.09. The maximum atomic E-state index is 5.57. The molecule has 0 aliphatic rings. The molecule has 0 aliphatic heterocycles. The molecule has 0 saturated carbocycles. The van der Waals surface area contributed by atoms with Crippen LogP contribution in [0, 0.1) is 6.92 Å². The minimum Gasteiger partial charge on any atom is -0.487 e. The van der Waals surface area contributed by atoms with Crippen LogP contribution in [-0.2, 0) is 6.61 Å². The summed E-state index contributed by atoms with van der Waals surface area (Å²) in [5.41, 5.74) is 7.28. The van der Waals surface area contributed by atoms with E-state index in [0.717, 1.165) is 22.1 Å². The van der Waals surface area contributed by atoms with E-state index in [4.69, 9.17) is 10.5 Å². The minimum absolute atomic E-state index is 0.508. The molecule has 0 saturated heterocycles. The number of aryl methyl sites for hydroxylation is 1. The Balaban J connectivity index is 1.96. The lowest BCUT2D eigenvalue weighted by Crippen LogP contribution is -1.95. The smallest absolute Gasteiger partial charge is 0.131 e. The molecule has 0 fully saturated rings. The molecule has 0 radical (unpaired) electrons. The molecule has 2 N–H and O–H groups in total. The van der Waals surface area contributed by atoms with Crippen molar-refractivity contribution in [1.29, 1.82) is 0 Å². The number of nitrogens with two attached hydrogens (primary N) is 1. The number of rotatable bonds is 3. The summed E-state index contributed by atoms with van der Waals surface area (Å²) >= 11 is 1.63. The number of ether oxygens (including phenoxy) is 1. The Labute approximate surface area is 92.5 Å². The third kappa shape index (κ3) is 2.70. The van der Waals surface area contributed by atoms with Crippen LogP contribution in [0.5, 0.6) is 5.75 Å². The van der Waals surface area contributed by atoms with E-state index in [1.54, 1.807) is 11.3 Å². The van der Waals surface area contributed by atoms with E-state index in [1.807, 2.05) is 36.6 Å². The van der Waals surface area contributed by atoms with Crippen LogP contribution in [-0.4, -0.2) is 4.98 Å². The van der Waals surface area contributed by atoms with E-state index in [1.165, 1.54) is 0 Å². The molecule has 0 aliphatic carbocycles. The first-order valence-electron chi connectivity index (χ1n) is 4.63. The fraction of sp³-hybridized carbons (Fsp3) is 0.182. The van der Waals surface area contributed by atoms with Gasteiger partial charge in [-0.3, -0.25) is 0 Å². The third-order valence-corrected chi connectivity index (χ3v) is 2.76. The van der Waals surface area contributed by atoms with E-state index in [0.29, 0.717) is 6.61 Å². The maximum absolute atomic E-state index is 5.57. The van der Waals surface area contributed by atoms with E-state index in [9.17, 15) is 0 Å². The van der Waals surface area contributed by atoms with Crippen molar-refractivity contribution in [3.05, 3.63) is 40.3 Å². The van der Waals surface area contributed by atoms with Crippen LogP contribution < -0.4 is 10.5 Å². The Bertz CT molecular complexity index is 436. The van der Waals surface area contributed by atoms with Crippen molar-refractivity contribution in [1.82, 2.24) is 4.98 Å². The Hall–Kier alpha value is -1.55. The number of benzene rings is 1. The predicted octanol–water partition coefficient (Wildman–Crippen LogP) is 2.61. The minimum atomic E-state index is 0.508. The average Bonchev–Trinajstić information content (AvgIpc) is 2.64. The molecule has 2 rings (SSSR count). The molecule has 15 heavy (non-hydrogen) atoms. The summed E-state index contributed by atoms with van der Waals surface area (Å²) in [7, 11) is 0. The summed E-state index contributed by atoms with van der Waals surface area (Å²) in [6, 6.07) is 7.35. The lowest BCUT2D eigenvalue weighted by Gasteiger charge is -2.03. The van der Waals surface area contributed by atoms with Gasteiger partial charge in [0, 0.05) is 11.1 Å². The highest BCUT2D eigenvalue weighted by atomic mass is 32.1. The Morgan fingerprint density at radius 2 is 2.07 bits per heavy atom. The van der Waals surface area contributed by atoms with Gasteiger partial charge in [0.05, 0.1) is 10.7 Å². The number of anilines is 1. The number of aromatic nitrogens is 1. The molecule has 3 nitrogen and oxygen atoms in total. The topological polar surface area (TPSA) is 48.1 Å². The Kier molecular flexibility index (Phi) is 2.87. The fourth-order valence-corrected chi connectivity index (χ4v) is 1.79. The van der Waals surface area contributed by atoms with Crippen LogP contribution in [0.1, 0.15) is 10.7 Å². The van der Waals surface area contributed by atoms with Crippen LogP contribution in [0.15, 0.2) is 29.6 Å². The van der Waals surface area contributed by atoms with Gasteiger partial charge in [-0.2, -0.15) is 0 Å². The molecule has 0 amide bonds. The first-order valence-corrected chi connectivity index (χ1v) is 5.51. The lowest BCUT2D eigenvalue weighted by atomic mass is 10.3. The number of hydrogen-bond donors (Lipinski definition) is 1. The summed E-state index contributed by atoms with van der Waals surface area (Å²) in [5.74, 6) is 0.815. The van der Waals surface area contributed by atoms with Crippen molar-refractivity contribution < 1.29 is 4.74 Å². The lowest BCUT2D eigenvalue weighted by molar-refractivity contribution is 0.302. The molecule has 0 atom stereocenters. The molecule has 0 spiro atoms. The van der Waals surface area contributed by atoms with Crippen LogP contribution in [0.25, 0.3) is 0 Å². The van der Waals surface area contributed by atoms with Crippen molar-refractivity contribution in [2.75, 3.05) is 5.73 Å².